The normalized spacial score (nSPS) is 25.9. The highest BCUT2D eigenvalue weighted by molar-refractivity contribution is 6.25. The Balaban J connectivity index is 0.000000166. The van der Waals surface area contributed by atoms with Crippen LogP contribution in [0.1, 0.15) is 109 Å². The van der Waals surface area contributed by atoms with Gasteiger partial charge in [0, 0.05) is 88.4 Å². The minimum absolute atomic E-state index is 0.0264. The first-order valence-electron chi connectivity index (χ1n) is 18.6. The summed E-state index contributed by atoms with van der Waals surface area (Å²) in [7, 11) is 0. The van der Waals surface area contributed by atoms with Crippen LogP contribution in [0.15, 0.2) is 27.1 Å². The maximum absolute atomic E-state index is 12.5. The summed E-state index contributed by atoms with van der Waals surface area (Å²) in [5.74, 6) is 0.442. The zero-order chi connectivity index (χ0) is 36.5. The zero-order valence-electron chi connectivity index (χ0n) is 32.5. The Morgan fingerprint density at radius 1 is 0.653 bits per heavy atom. The maximum atomic E-state index is 12.5. The topological polar surface area (TPSA) is 108 Å². The van der Waals surface area contributed by atoms with E-state index in [1.807, 2.05) is 54.7 Å². The quantitative estimate of drug-likeness (QED) is 0.405. The van der Waals surface area contributed by atoms with E-state index in [2.05, 4.69) is 71.5 Å². The van der Waals surface area contributed by atoms with Crippen molar-refractivity contribution in [3.63, 3.8) is 0 Å². The van der Waals surface area contributed by atoms with Crippen LogP contribution in [0.5, 0.6) is 0 Å². The SMILES string of the molecule is CC(C)N1C=C2C(=O)N(C(C)C)N=C2CC1.CC(C)N1CCC2=NN(C(C)C)C(=O)C2(C)C1.CC(C)N1CCC2=NN(C(C)C)C(=O)C2C1. The number of amides is 3. The zero-order valence-corrected chi connectivity index (χ0v) is 32.5. The summed E-state index contributed by atoms with van der Waals surface area (Å²) in [5.41, 5.74) is 3.53. The van der Waals surface area contributed by atoms with Gasteiger partial charge in [-0.2, -0.15) is 15.3 Å². The smallest absolute Gasteiger partial charge is 0.277 e. The van der Waals surface area contributed by atoms with E-state index >= 15 is 0 Å². The molecule has 0 N–H and O–H groups in total. The molecule has 0 aromatic carbocycles. The van der Waals surface area contributed by atoms with Crippen molar-refractivity contribution in [3.05, 3.63) is 11.8 Å². The Morgan fingerprint density at radius 3 is 1.80 bits per heavy atom. The summed E-state index contributed by atoms with van der Waals surface area (Å²) >= 11 is 0. The van der Waals surface area contributed by atoms with Crippen LogP contribution < -0.4 is 0 Å². The van der Waals surface area contributed by atoms with Gasteiger partial charge >= 0.3 is 0 Å². The highest BCUT2D eigenvalue weighted by atomic mass is 16.2. The van der Waals surface area contributed by atoms with Gasteiger partial charge in [0.25, 0.3) is 17.7 Å². The number of piperidine rings is 2. The first kappa shape index (κ1) is 38.7. The fraction of sp³-hybridized carbons (Fsp3) is 0.784. The second-order valence-corrected chi connectivity index (χ2v) is 16.1. The third kappa shape index (κ3) is 8.11. The van der Waals surface area contributed by atoms with Crippen molar-refractivity contribution in [2.24, 2.45) is 26.6 Å². The molecule has 274 valence electrons. The molecule has 49 heavy (non-hydrogen) atoms. The van der Waals surface area contributed by atoms with Crippen LogP contribution in [0.2, 0.25) is 0 Å². The van der Waals surface area contributed by atoms with E-state index < -0.39 is 0 Å². The first-order valence-corrected chi connectivity index (χ1v) is 18.6. The molecule has 6 heterocycles. The molecule has 0 bridgehead atoms. The molecule has 6 rings (SSSR count). The molecule has 6 aliphatic rings. The number of hydrogen-bond donors (Lipinski definition) is 0. The van der Waals surface area contributed by atoms with E-state index in [1.165, 1.54) is 0 Å². The van der Waals surface area contributed by atoms with Gasteiger partial charge in [0.05, 0.1) is 34.7 Å². The van der Waals surface area contributed by atoms with Crippen molar-refractivity contribution in [1.82, 2.24) is 29.7 Å². The lowest BCUT2D eigenvalue weighted by Crippen LogP contribution is -2.53. The molecule has 2 atom stereocenters. The second-order valence-electron chi connectivity index (χ2n) is 16.1. The van der Waals surface area contributed by atoms with Crippen molar-refractivity contribution in [2.75, 3.05) is 32.7 Å². The molecule has 0 saturated carbocycles. The monoisotopic (exact) mass is 682 g/mol. The van der Waals surface area contributed by atoms with Crippen LogP contribution >= 0.6 is 0 Å². The molecule has 2 unspecified atom stereocenters. The summed E-state index contributed by atoms with van der Waals surface area (Å²) in [6.07, 6.45) is 4.71. The van der Waals surface area contributed by atoms with Crippen molar-refractivity contribution >= 4 is 34.9 Å². The average molecular weight is 682 g/mol. The average Bonchev–Trinajstić information content (AvgIpc) is 3.65. The predicted octanol–water partition coefficient (Wildman–Crippen LogP) is 4.63. The largest absolute Gasteiger partial charge is 0.374 e. The van der Waals surface area contributed by atoms with Gasteiger partial charge in [-0.1, -0.05) is 0 Å². The Bertz CT molecular complexity index is 1380. The van der Waals surface area contributed by atoms with E-state index in [9.17, 15) is 14.4 Å². The molecule has 0 spiro atoms. The minimum atomic E-state index is -0.382. The lowest BCUT2D eigenvalue weighted by molar-refractivity contribution is -0.138. The number of likely N-dealkylation sites (tertiary alicyclic amines) is 2. The summed E-state index contributed by atoms with van der Waals surface area (Å²) in [6, 6.07) is 1.92. The van der Waals surface area contributed by atoms with Gasteiger partial charge < -0.3 is 4.90 Å². The fourth-order valence-corrected chi connectivity index (χ4v) is 7.08. The van der Waals surface area contributed by atoms with Crippen molar-refractivity contribution in [1.29, 1.82) is 0 Å². The minimum Gasteiger partial charge on any atom is -0.374 e. The molecule has 12 nitrogen and oxygen atoms in total. The third-order valence-electron chi connectivity index (χ3n) is 10.4. The number of nitrogens with zero attached hydrogens (tertiary/aromatic N) is 9. The number of fused-ring (bicyclic) bond motifs is 3. The highest BCUT2D eigenvalue weighted by Crippen LogP contribution is 2.36. The molecule has 0 aromatic rings. The fourth-order valence-electron chi connectivity index (χ4n) is 7.08. The maximum Gasteiger partial charge on any atom is 0.277 e. The summed E-state index contributed by atoms with van der Waals surface area (Å²) in [4.78, 5) is 43.6. The molecule has 12 heteroatoms. The molecular formula is C37H63N9O3. The molecule has 0 radical (unpaired) electrons. The van der Waals surface area contributed by atoms with Gasteiger partial charge in [0.15, 0.2) is 0 Å². The lowest BCUT2D eigenvalue weighted by atomic mass is 9.79. The highest BCUT2D eigenvalue weighted by Gasteiger charge is 2.51. The van der Waals surface area contributed by atoms with Crippen LogP contribution in [0.3, 0.4) is 0 Å². The Labute approximate surface area is 295 Å². The molecule has 0 aromatic heterocycles. The Hall–Kier alpha value is -3.12. The van der Waals surface area contributed by atoms with Crippen molar-refractivity contribution in [3.8, 4) is 0 Å². The Kier molecular flexibility index (Phi) is 12.2. The van der Waals surface area contributed by atoms with Gasteiger partial charge in [-0.05, 0) is 90.0 Å². The lowest BCUT2D eigenvalue weighted by Gasteiger charge is -2.39. The van der Waals surface area contributed by atoms with Crippen molar-refractivity contribution in [2.45, 2.75) is 146 Å². The third-order valence-corrected chi connectivity index (χ3v) is 10.4. The van der Waals surface area contributed by atoms with Crippen LogP contribution in [0.4, 0.5) is 0 Å². The predicted molar refractivity (Wildman–Crippen MR) is 197 cm³/mol. The summed E-state index contributed by atoms with van der Waals surface area (Å²) in [6.45, 7) is 31.8. The van der Waals surface area contributed by atoms with Crippen LogP contribution in [-0.2, 0) is 14.4 Å². The molecule has 6 aliphatic heterocycles. The van der Waals surface area contributed by atoms with Crippen LogP contribution in [0, 0.1) is 11.3 Å². The summed E-state index contributed by atoms with van der Waals surface area (Å²) in [5, 5.41) is 18.3. The number of hydrogen-bond acceptors (Lipinski definition) is 9. The second kappa shape index (κ2) is 15.4. The van der Waals surface area contributed by atoms with E-state index in [-0.39, 0.29) is 47.2 Å². The number of carbonyl (C=O) groups excluding carboxylic acids is 3. The van der Waals surface area contributed by atoms with Gasteiger partial charge in [-0.3, -0.25) is 24.2 Å². The van der Waals surface area contributed by atoms with Gasteiger partial charge in [-0.25, -0.2) is 15.0 Å². The molecular weight excluding hydrogens is 618 g/mol. The first-order chi connectivity index (χ1) is 22.9. The van der Waals surface area contributed by atoms with Crippen molar-refractivity contribution < 1.29 is 14.4 Å². The van der Waals surface area contributed by atoms with Crippen LogP contribution in [0.25, 0.3) is 0 Å². The van der Waals surface area contributed by atoms with Crippen LogP contribution in [-0.4, -0.2) is 134 Å². The van der Waals surface area contributed by atoms with E-state index in [0.717, 1.165) is 74.7 Å². The molecule has 2 saturated heterocycles. The van der Waals surface area contributed by atoms with Gasteiger partial charge in [0.1, 0.15) is 5.41 Å². The number of rotatable bonds is 6. The number of hydrazone groups is 3. The Morgan fingerprint density at radius 2 is 1.24 bits per heavy atom. The van der Waals surface area contributed by atoms with Gasteiger partial charge in [-0.15, -0.1) is 0 Å². The number of carbonyl (C=O) groups is 3. The summed E-state index contributed by atoms with van der Waals surface area (Å²) < 4.78 is 0. The standard InChI is InChI=1S/C13H23N3O.C12H21N3O.C12H19N3O/c1-9(2)15-7-6-11-13(5,8-15)12(17)16(14-11)10(3)4;2*1-8(2)14-6-5-11-10(7-14)12(16)15(13-11)9(3)4/h9-10H,6-8H2,1-5H3;8-10H,5-7H2,1-4H3;7-9H,5-6H2,1-4H3. The molecule has 0 aliphatic carbocycles. The van der Waals surface area contributed by atoms with E-state index in [4.69, 9.17) is 0 Å². The molecule has 2 fully saturated rings. The molecule has 3 amide bonds. The van der Waals surface area contributed by atoms with E-state index in [1.54, 1.807) is 15.0 Å². The van der Waals surface area contributed by atoms with E-state index in [0.29, 0.717) is 18.1 Å². The van der Waals surface area contributed by atoms with Gasteiger partial charge in [0.2, 0.25) is 0 Å².